The third-order valence-electron chi connectivity index (χ3n) is 5.79. The Hall–Kier alpha value is -3.31. The molecule has 0 amide bonds. The molecule has 0 aliphatic rings. The number of hydrogen-bond donors (Lipinski definition) is 1. The monoisotopic (exact) mass is 556 g/mol. The van der Waals surface area contributed by atoms with E-state index in [1.807, 2.05) is 24.3 Å². The molecule has 210 valence electrons. The van der Waals surface area contributed by atoms with Crippen molar-refractivity contribution in [1.29, 1.82) is 0 Å². The predicted octanol–water partition coefficient (Wildman–Crippen LogP) is 3.70. The highest BCUT2D eigenvalue weighted by Gasteiger charge is 2.26. The fraction of sp³-hybridized carbons (Fsp3) is 0.379. The van der Waals surface area contributed by atoms with Gasteiger partial charge >= 0.3 is 5.97 Å². The molecule has 0 aliphatic heterocycles. The van der Waals surface area contributed by atoms with Gasteiger partial charge in [-0.15, -0.1) is 0 Å². The predicted molar refractivity (Wildman–Crippen MR) is 147 cm³/mol. The molecule has 0 saturated heterocycles. The minimum absolute atomic E-state index is 0.0133. The first-order chi connectivity index (χ1) is 18.6. The van der Waals surface area contributed by atoms with E-state index in [2.05, 4.69) is 25.8 Å². The Morgan fingerprint density at radius 3 is 2.36 bits per heavy atom. The molecule has 0 aliphatic carbocycles. The van der Waals surface area contributed by atoms with Crippen molar-refractivity contribution >= 4 is 16.0 Å². The summed E-state index contributed by atoms with van der Waals surface area (Å²) in [6.07, 6.45) is 2.87. The third kappa shape index (κ3) is 9.43. The summed E-state index contributed by atoms with van der Waals surface area (Å²) < 4.78 is 44.2. The normalized spacial score (nSPS) is 11.9. The van der Waals surface area contributed by atoms with Crippen molar-refractivity contribution in [3.05, 3.63) is 89.7 Å². The summed E-state index contributed by atoms with van der Waals surface area (Å²) >= 11 is 0. The number of pyridine rings is 1. The van der Waals surface area contributed by atoms with Gasteiger partial charge in [-0.2, -0.15) is 4.31 Å². The van der Waals surface area contributed by atoms with Crippen LogP contribution in [0.5, 0.6) is 5.75 Å². The molecule has 0 atom stereocenters. The Bertz CT molecular complexity index is 1290. The van der Waals surface area contributed by atoms with E-state index in [9.17, 15) is 13.2 Å². The lowest BCUT2D eigenvalue weighted by atomic mass is 9.87. The van der Waals surface area contributed by atoms with Crippen LogP contribution in [0.3, 0.4) is 0 Å². The molecule has 1 heterocycles. The van der Waals surface area contributed by atoms with Gasteiger partial charge in [0.25, 0.3) is 0 Å². The number of rotatable bonds is 14. The number of carbonyl (C=O) groups excluding carboxylic acids is 1. The number of nitrogens with zero attached hydrogens (tertiary/aromatic N) is 2. The second kappa shape index (κ2) is 14.2. The van der Waals surface area contributed by atoms with E-state index in [1.54, 1.807) is 30.3 Å². The average Bonchev–Trinajstić information content (AvgIpc) is 2.92. The fourth-order valence-corrected chi connectivity index (χ4v) is 5.07. The van der Waals surface area contributed by atoms with Gasteiger partial charge in [0, 0.05) is 25.5 Å². The molecule has 1 aromatic heterocycles. The quantitative estimate of drug-likeness (QED) is 0.236. The maximum absolute atomic E-state index is 13.6. The number of ether oxygens (including phenoxy) is 3. The van der Waals surface area contributed by atoms with Crippen molar-refractivity contribution in [3.63, 3.8) is 0 Å². The maximum atomic E-state index is 13.6. The summed E-state index contributed by atoms with van der Waals surface area (Å²) in [7, 11) is -3.86. The van der Waals surface area contributed by atoms with E-state index in [4.69, 9.17) is 19.3 Å². The van der Waals surface area contributed by atoms with E-state index >= 15 is 0 Å². The Kier molecular flexibility index (Phi) is 11.0. The number of carbonyl (C=O) groups is 1. The minimum Gasteiger partial charge on any atom is -0.482 e. The summed E-state index contributed by atoms with van der Waals surface area (Å²) in [6.45, 7) is 6.65. The highest BCUT2D eigenvalue weighted by atomic mass is 32.2. The second-order valence-electron chi connectivity index (χ2n) is 9.90. The molecular weight excluding hydrogens is 520 g/mol. The molecule has 0 bridgehead atoms. The number of esters is 1. The molecule has 2 aromatic carbocycles. The molecule has 0 saturated carbocycles. The standard InChI is InChI=1S/C29H36N2O7S/c1-29(2,3)25-11-9-23(10-12-25)20-31(39(34,35)27-8-5-13-30-19-27)21-24-6-4-7-26(18-24)38-22-28(33)37-17-16-36-15-14-32/h4-13,18-19,32H,14-17,20-22H2,1-3H3. The zero-order valence-corrected chi connectivity index (χ0v) is 23.4. The van der Waals surface area contributed by atoms with Gasteiger partial charge in [-0.05, 0) is 46.4 Å². The van der Waals surface area contributed by atoms with E-state index in [-0.39, 0.29) is 56.4 Å². The van der Waals surface area contributed by atoms with E-state index in [1.165, 1.54) is 22.8 Å². The zero-order chi connectivity index (χ0) is 28.3. The van der Waals surface area contributed by atoms with Crippen LogP contribution in [0, 0.1) is 0 Å². The van der Waals surface area contributed by atoms with Crippen LogP contribution in [0.2, 0.25) is 0 Å². The van der Waals surface area contributed by atoms with Crippen LogP contribution < -0.4 is 4.74 Å². The Morgan fingerprint density at radius 1 is 0.949 bits per heavy atom. The van der Waals surface area contributed by atoms with Gasteiger partial charge in [0.2, 0.25) is 10.0 Å². The fourth-order valence-electron chi connectivity index (χ4n) is 3.69. The molecule has 3 aromatic rings. The summed E-state index contributed by atoms with van der Waals surface area (Å²) in [5.74, 6) is -0.151. The van der Waals surface area contributed by atoms with E-state index in [0.717, 1.165) is 11.1 Å². The van der Waals surface area contributed by atoms with Crippen LogP contribution in [0.1, 0.15) is 37.5 Å². The third-order valence-corrected chi connectivity index (χ3v) is 7.57. The zero-order valence-electron chi connectivity index (χ0n) is 22.6. The number of sulfonamides is 1. The maximum Gasteiger partial charge on any atom is 0.344 e. The molecule has 0 radical (unpaired) electrons. The SMILES string of the molecule is CC(C)(C)c1ccc(CN(Cc2cccc(OCC(=O)OCCOCCO)c2)S(=O)(=O)c2cccnc2)cc1. The van der Waals surface area contributed by atoms with Gasteiger partial charge in [0.15, 0.2) is 6.61 Å². The van der Waals surface area contributed by atoms with Crippen molar-refractivity contribution in [3.8, 4) is 5.75 Å². The first kappa shape index (κ1) is 30.2. The van der Waals surface area contributed by atoms with E-state index in [0.29, 0.717) is 11.3 Å². The molecular formula is C29H36N2O7S. The second-order valence-corrected chi connectivity index (χ2v) is 11.8. The van der Waals surface area contributed by atoms with Gasteiger partial charge in [-0.25, -0.2) is 13.2 Å². The Labute approximate surface area is 230 Å². The van der Waals surface area contributed by atoms with Gasteiger partial charge in [-0.1, -0.05) is 57.2 Å². The summed E-state index contributed by atoms with van der Waals surface area (Å²) in [4.78, 5) is 16.0. The topological polar surface area (TPSA) is 115 Å². The first-order valence-electron chi connectivity index (χ1n) is 12.6. The summed E-state index contributed by atoms with van der Waals surface area (Å²) in [6, 6.07) is 18.0. The van der Waals surface area contributed by atoms with Gasteiger partial charge in [0.1, 0.15) is 17.3 Å². The van der Waals surface area contributed by atoms with Gasteiger partial charge < -0.3 is 19.3 Å². The van der Waals surface area contributed by atoms with Crippen LogP contribution >= 0.6 is 0 Å². The molecule has 10 heteroatoms. The van der Waals surface area contributed by atoms with Crippen molar-refractivity contribution < 1.29 is 32.5 Å². The molecule has 39 heavy (non-hydrogen) atoms. The number of hydrogen-bond acceptors (Lipinski definition) is 8. The van der Waals surface area contributed by atoms with Crippen molar-refractivity contribution in [2.75, 3.05) is 33.0 Å². The summed E-state index contributed by atoms with van der Waals surface area (Å²) in [5, 5.41) is 8.68. The Balaban J connectivity index is 1.73. The minimum atomic E-state index is -3.86. The van der Waals surface area contributed by atoms with Crippen molar-refractivity contribution in [2.45, 2.75) is 44.2 Å². The van der Waals surface area contributed by atoms with E-state index < -0.39 is 16.0 Å². The van der Waals surface area contributed by atoms with Crippen molar-refractivity contribution in [1.82, 2.24) is 9.29 Å². The number of benzene rings is 2. The number of aliphatic hydroxyl groups excluding tert-OH is 1. The molecule has 0 unspecified atom stereocenters. The first-order valence-corrected chi connectivity index (χ1v) is 14.1. The average molecular weight is 557 g/mol. The lowest BCUT2D eigenvalue weighted by Gasteiger charge is -2.24. The van der Waals surface area contributed by atoms with Crippen LogP contribution in [0.4, 0.5) is 0 Å². The Morgan fingerprint density at radius 2 is 1.69 bits per heavy atom. The highest BCUT2D eigenvalue weighted by molar-refractivity contribution is 7.89. The van der Waals surface area contributed by atoms with Crippen LogP contribution in [-0.4, -0.2) is 61.8 Å². The smallest absolute Gasteiger partial charge is 0.344 e. The lowest BCUT2D eigenvalue weighted by molar-refractivity contribution is -0.147. The van der Waals surface area contributed by atoms with Gasteiger partial charge in [0.05, 0.1) is 19.8 Å². The highest BCUT2D eigenvalue weighted by Crippen LogP contribution is 2.25. The lowest BCUT2D eigenvalue weighted by Crippen LogP contribution is -2.30. The number of aromatic nitrogens is 1. The van der Waals surface area contributed by atoms with Crippen molar-refractivity contribution in [2.24, 2.45) is 0 Å². The van der Waals surface area contributed by atoms with Crippen LogP contribution in [-0.2, 0) is 42.8 Å². The molecule has 0 fully saturated rings. The van der Waals surface area contributed by atoms with Gasteiger partial charge in [-0.3, -0.25) is 4.98 Å². The number of aliphatic hydroxyl groups is 1. The summed E-state index contributed by atoms with van der Waals surface area (Å²) in [5.41, 5.74) is 2.69. The molecule has 0 spiro atoms. The molecule has 3 rings (SSSR count). The van der Waals surface area contributed by atoms with Crippen LogP contribution in [0.15, 0.2) is 78.0 Å². The molecule has 9 nitrogen and oxygen atoms in total. The largest absolute Gasteiger partial charge is 0.482 e. The van der Waals surface area contributed by atoms with Crippen LogP contribution in [0.25, 0.3) is 0 Å². The molecule has 1 N–H and O–H groups in total.